The molecule has 2 saturated heterocycles. The molecule has 2 bridgehead atoms. The summed E-state index contributed by atoms with van der Waals surface area (Å²) in [4.78, 5) is 17.0. The number of amides is 1. The predicted molar refractivity (Wildman–Crippen MR) is 83.3 cm³/mol. The number of benzene rings is 1. The minimum Gasteiger partial charge on any atom is -0.346 e. The van der Waals surface area contributed by atoms with Crippen LogP contribution in [0.15, 0.2) is 24.4 Å². The summed E-state index contributed by atoms with van der Waals surface area (Å²) in [6, 6.07) is 4.28. The highest BCUT2D eigenvalue weighted by molar-refractivity contribution is 7.16. The normalized spacial score (nSPS) is 25.7. The standard InChI is InChI=1S/C16H15F2N3OS/c17-9-3-8(4-10(18)5-9)14-7-19-16(23-14)15(22)21-13-6-11-1-2-12(13)20-11/h3-5,7,11-13,20H,1-2,6H2,(H,21,22). The number of aromatic nitrogens is 1. The van der Waals surface area contributed by atoms with Gasteiger partial charge >= 0.3 is 0 Å². The molecule has 3 atom stereocenters. The van der Waals surface area contributed by atoms with Crippen molar-refractivity contribution in [3.8, 4) is 10.4 Å². The van der Waals surface area contributed by atoms with Crippen LogP contribution in [0.5, 0.6) is 0 Å². The summed E-state index contributed by atoms with van der Waals surface area (Å²) < 4.78 is 26.6. The topological polar surface area (TPSA) is 54.0 Å². The maximum Gasteiger partial charge on any atom is 0.280 e. The number of halogens is 2. The number of thiazole rings is 1. The first-order chi connectivity index (χ1) is 11.1. The molecule has 2 aliphatic rings. The Morgan fingerprint density at radius 2 is 2.04 bits per heavy atom. The summed E-state index contributed by atoms with van der Waals surface area (Å²) in [5.41, 5.74) is 0.389. The Hall–Kier alpha value is -1.86. The molecule has 2 N–H and O–H groups in total. The van der Waals surface area contributed by atoms with Crippen molar-refractivity contribution in [3.63, 3.8) is 0 Å². The quantitative estimate of drug-likeness (QED) is 0.907. The van der Waals surface area contributed by atoms with E-state index in [2.05, 4.69) is 15.6 Å². The molecule has 120 valence electrons. The SMILES string of the molecule is O=C(NC1CC2CCC1N2)c1ncc(-c2cc(F)cc(F)c2)s1. The molecule has 2 aliphatic heterocycles. The lowest BCUT2D eigenvalue weighted by molar-refractivity contribution is 0.0930. The molecule has 4 nitrogen and oxygen atoms in total. The highest BCUT2D eigenvalue weighted by atomic mass is 32.1. The predicted octanol–water partition coefficient (Wildman–Crippen LogP) is 2.71. The van der Waals surface area contributed by atoms with Crippen LogP contribution >= 0.6 is 11.3 Å². The molecule has 2 aromatic rings. The molecule has 2 fully saturated rings. The van der Waals surface area contributed by atoms with Gasteiger partial charge in [-0.25, -0.2) is 13.8 Å². The minimum absolute atomic E-state index is 0.139. The van der Waals surface area contributed by atoms with Gasteiger partial charge in [0.1, 0.15) is 11.6 Å². The molecule has 0 saturated carbocycles. The Bertz CT molecular complexity index is 743. The lowest BCUT2D eigenvalue weighted by Crippen LogP contribution is -2.42. The molecule has 23 heavy (non-hydrogen) atoms. The van der Waals surface area contributed by atoms with Gasteiger partial charge in [-0.2, -0.15) is 0 Å². The van der Waals surface area contributed by atoms with Gasteiger partial charge in [-0.05, 0) is 37.0 Å². The Labute approximate surface area is 135 Å². The van der Waals surface area contributed by atoms with Crippen LogP contribution < -0.4 is 10.6 Å². The van der Waals surface area contributed by atoms with Gasteiger partial charge in [-0.1, -0.05) is 0 Å². The summed E-state index contributed by atoms with van der Waals surface area (Å²) in [6.07, 6.45) is 4.68. The Morgan fingerprint density at radius 1 is 1.26 bits per heavy atom. The maximum absolute atomic E-state index is 13.3. The van der Waals surface area contributed by atoms with Gasteiger partial charge in [0.05, 0.1) is 4.88 Å². The molecule has 3 unspecified atom stereocenters. The number of carbonyl (C=O) groups excluding carboxylic acids is 1. The lowest BCUT2D eigenvalue weighted by Gasteiger charge is -2.20. The van der Waals surface area contributed by atoms with Crippen molar-refractivity contribution < 1.29 is 13.6 Å². The fraction of sp³-hybridized carbons (Fsp3) is 0.375. The van der Waals surface area contributed by atoms with E-state index in [9.17, 15) is 13.6 Å². The fourth-order valence-corrected chi connectivity index (χ4v) is 4.23. The van der Waals surface area contributed by atoms with E-state index in [1.807, 2.05) is 0 Å². The fourth-order valence-electron chi connectivity index (χ4n) is 3.42. The third kappa shape index (κ3) is 2.86. The molecule has 4 rings (SSSR count). The molecule has 0 spiro atoms. The van der Waals surface area contributed by atoms with Crippen molar-refractivity contribution in [2.24, 2.45) is 0 Å². The molecule has 7 heteroatoms. The van der Waals surface area contributed by atoms with E-state index in [0.717, 1.165) is 30.2 Å². The van der Waals surface area contributed by atoms with E-state index >= 15 is 0 Å². The van der Waals surface area contributed by atoms with Crippen molar-refractivity contribution in [1.29, 1.82) is 0 Å². The average molecular weight is 335 g/mol. The lowest BCUT2D eigenvalue weighted by atomic mass is 9.95. The van der Waals surface area contributed by atoms with Gasteiger partial charge < -0.3 is 10.6 Å². The zero-order chi connectivity index (χ0) is 16.0. The van der Waals surface area contributed by atoms with Crippen LogP contribution in [0.1, 0.15) is 29.1 Å². The second kappa shape index (κ2) is 5.65. The molecule has 1 aromatic heterocycles. The summed E-state index contributed by atoms with van der Waals surface area (Å²) in [5, 5.41) is 6.79. The van der Waals surface area contributed by atoms with Crippen LogP contribution in [0.3, 0.4) is 0 Å². The van der Waals surface area contributed by atoms with Gasteiger partial charge in [-0.3, -0.25) is 4.79 Å². The van der Waals surface area contributed by atoms with E-state index in [0.29, 0.717) is 27.5 Å². The first kappa shape index (κ1) is 14.7. The van der Waals surface area contributed by atoms with E-state index in [1.54, 1.807) is 0 Å². The van der Waals surface area contributed by atoms with Crippen molar-refractivity contribution in [3.05, 3.63) is 41.0 Å². The van der Waals surface area contributed by atoms with E-state index < -0.39 is 11.6 Å². The highest BCUT2D eigenvalue weighted by Crippen LogP contribution is 2.30. The Morgan fingerprint density at radius 3 is 2.70 bits per heavy atom. The molecule has 0 radical (unpaired) electrons. The van der Waals surface area contributed by atoms with Gasteiger partial charge in [0.25, 0.3) is 5.91 Å². The zero-order valence-corrected chi connectivity index (χ0v) is 13.0. The van der Waals surface area contributed by atoms with Crippen molar-refractivity contribution in [2.45, 2.75) is 37.4 Å². The average Bonchev–Trinajstić information content (AvgIpc) is 3.22. The highest BCUT2D eigenvalue weighted by Gasteiger charge is 2.39. The van der Waals surface area contributed by atoms with E-state index in [-0.39, 0.29) is 11.9 Å². The van der Waals surface area contributed by atoms with Gasteiger partial charge in [0, 0.05) is 30.4 Å². The smallest absolute Gasteiger partial charge is 0.280 e. The largest absolute Gasteiger partial charge is 0.346 e. The van der Waals surface area contributed by atoms with Crippen LogP contribution in [-0.4, -0.2) is 29.0 Å². The number of nitrogens with one attached hydrogen (secondary N) is 2. The van der Waals surface area contributed by atoms with Crippen LogP contribution in [0.2, 0.25) is 0 Å². The van der Waals surface area contributed by atoms with Crippen molar-refractivity contribution in [1.82, 2.24) is 15.6 Å². The summed E-state index contributed by atoms with van der Waals surface area (Å²) in [5.74, 6) is -1.52. The molecular weight excluding hydrogens is 320 g/mol. The number of hydrogen-bond donors (Lipinski definition) is 2. The molecule has 1 amide bonds. The molecule has 3 heterocycles. The van der Waals surface area contributed by atoms with Crippen molar-refractivity contribution >= 4 is 17.2 Å². The Kier molecular flexibility index (Phi) is 3.61. The van der Waals surface area contributed by atoms with E-state index in [4.69, 9.17) is 0 Å². The van der Waals surface area contributed by atoms with Crippen molar-refractivity contribution in [2.75, 3.05) is 0 Å². The monoisotopic (exact) mass is 335 g/mol. The third-order valence-electron chi connectivity index (χ3n) is 4.46. The van der Waals surface area contributed by atoms with Gasteiger partial charge in [-0.15, -0.1) is 11.3 Å². The second-order valence-corrected chi connectivity index (χ2v) is 7.08. The van der Waals surface area contributed by atoms with E-state index in [1.165, 1.54) is 24.8 Å². The Balaban J connectivity index is 1.50. The third-order valence-corrected chi connectivity index (χ3v) is 5.51. The molecule has 0 aliphatic carbocycles. The second-order valence-electron chi connectivity index (χ2n) is 6.05. The van der Waals surface area contributed by atoms with Crippen LogP contribution in [0, 0.1) is 11.6 Å². The minimum atomic E-state index is -0.646. The summed E-state index contributed by atoms with van der Waals surface area (Å²) >= 11 is 1.14. The maximum atomic E-state index is 13.3. The summed E-state index contributed by atoms with van der Waals surface area (Å²) in [6.45, 7) is 0. The number of nitrogens with zero attached hydrogens (tertiary/aromatic N) is 1. The van der Waals surface area contributed by atoms with Gasteiger partial charge in [0.2, 0.25) is 0 Å². The number of rotatable bonds is 3. The zero-order valence-electron chi connectivity index (χ0n) is 12.2. The van der Waals surface area contributed by atoms with Crippen LogP contribution in [-0.2, 0) is 0 Å². The van der Waals surface area contributed by atoms with Crippen LogP contribution in [0.4, 0.5) is 8.78 Å². The number of hydrogen-bond acceptors (Lipinski definition) is 4. The molecular formula is C16H15F2N3OS. The number of fused-ring (bicyclic) bond motifs is 2. The first-order valence-electron chi connectivity index (χ1n) is 7.58. The number of carbonyl (C=O) groups is 1. The van der Waals surface area contributed by atoms with Crippen LogP contribution in [0.25, 0.3) is 10.4 Å². The summed E-state index contributed by atoms with van der Waals surface area (Å²) in [7, 11) is 0. The first-order valence-corrected chi connectivity index (χ1v) is 8.39. The molecule has 1 aromatic carbocycles. The van der Waals surface area contributed by atoms with Gasteiger partial charge in [0.15, 0.2) is 5.01 Å².